The Bertz CT molecular complexity index is 872. The molecule has 2 aromatic rings. The van der Waals surface area contributed by atoms with E-state index in [0.717, 1.165) is 35.2 Å². The van der Waals surface area contributed by atoms with E-state index >= 15 is 0 Å². The smallest absolute Gasteiger partial charge is 0.265 e. The molecule has 1 heterocycles. The molecule has 0 atom stereocenters. The van der Waals surface area contributed by atoms with Crippen molar-refractivity contribution in [3.05, 3.63) is 68.7 Å². The second kappa shape index (κ2) is 9.28. The van der Waals surface area contributed by atoms with E-state index in [1.54, 1.807) is 4.90 Å². The van der Waals surface area contributed by atoms with Gasteiger partial charge in [-0.05, 0) is 18.6 Å². The van der Waals surface area contributed by atoms with Gasteiger partial charge in [-0.3, -0.25) is 19.5 Å². The summed E-state index contributed by atoms with van der Waals surface area (Å²) in [6, 6.07) is 11.8. The molecule has 0 aliphatic heterocycles. The summed E-state index contributed by atoms with van der Waals surface area (Å²) >= 11 is 0. The third-order valence-corrected chi connectivity index (χ3v) is 3.59. The van der Waals surface area contributed by atoms with Crippen molar-refractivity contribution in [2.24, 2.45) is 0 Å². The van der Waals surface area contributed by atoms with Gasteiger partial charge < -0.3 is 4.90 Å². The van der Waals surface area contributed by atoms with Crippen LogP contribution in [-0.2, 0) is 11.3 Å². The highest BCUT2D eigenvalue weighted by Gasteiger charge is 2.13. The molecule has 6 nitrogen and oxygen atoms in total. The third kappa shape index (κ3) is 5.81. The molecule has 0 radical (unpaired) electrons. The Hall–Kier alpha value is -3.07. The highest BCUT2D eigenvalue weighted by atomic mass is 16.2. The van der Waals surface area contributed by atoms with Crippen LogP contribution in [-0.4, -0.2) is 33.7 Å². The van der Waals surface area contributed by atoms with E-state index < -0.39 is 11.1 Å². The van der Waals surface area contributed by atoms with Crippen molar-refractivity contribution < 1.29 is 4.79 Å². The van der Waals surface area contributed by atoms with E-state index in [9.17, 15) is 14.4 Å². The molecular formula is C19H21N3O3. The Morgan fingerprint density at radius 3 is 2.64 bits per heavy atom. The number of amides is 1. The number of aromatic amines is 1. The molecule has 2 rings (SSSR count). The molecular weight excluding hydrogens is 318 g/mol. The molecule has 0 saturated heterocycles. The third-order valence-electron chi connectivity index (χ3n) is 3.59. The van der Waals surface area contributed by atoms with Crippen molar-refractivity contribution in [1.29, 1.82) is 0 Å². The molecule has 25 heavy (non-hydrogen) atoms. The fourth-order valence-corrected chi connectivity index (χ4v) is 2.21. The molecule has 0 fully saturated rings. The predicted molar refractivity (Wildman–Crippen MR) is 96.1 cm³/mol. The summed E-state index contributed by atoms with van der Waals surface area (Å²) in [7, 11) is 0. The van der Waals surface area contributed by atoms with E-state index in [1.165, 1.54) is 0 Å². The Morgan fingerprint density at radius 2 is 1.92 bits per heavy atom. The van der Waals surface area contributed by atoms with E-state index in [4.69, 9.17) is 0 Å². The van der Waals surface area contributed by atoms with Crippen LogP contribution in [0.2, 0.25) is 0 Å². The van der Waals surface area contributed by atoms with Crippen LogP contribution in [0.4, 0.5) is 0 Å². The summed E-state index contributed by atoms with van der Waals surface area (Å²) < 4.78 is 1.02. The van der Waals surface area contributed by atoms with Crippen molar-refractivity contribution in [2.75, 3.05) is 13.1 Å². The lowest BCUT2D eigenvalue weighted by Crippen LogP contribution is -2.39. The highest BCUT2D eigenvalue weighted by Crippen LogP contribution is 1.98. The summed E-state index contributed by atoms with van der Waals surface area (Å²) in [4.78, 5) is 37.2. The van der Waals surface area contributed by atoms with Crippen LogP contribution in [0, 0.1) is 11.8 Å². The molecule has 0 unspecified atom stereocenters. The zero-order valence-electron chi connectivity index (χ0n) is 14.2. The SMILES string of the molecule is CCCCN(CC#Cc1ccccc1)C(=O)Cn1[nH]c(=O)ccc1=O. The monoisotopic (exact) mass is 339 g/mol. The van der Waals surface area contributed by atoms with Gasteiger partial charge in [-0.1, -0.05) is 43.4 Å². The van der Waals surface area contributed by atoms with Gasteiger partial charge in [0.15, 0.2) is 0 Å². The molecule has 1 N–H and O–H groups in total. The van der Waals surface area contributed by atoms with Crippen LogP contribution in [0.25, 0.3) is 0 Å². The first kappa shape index (κ1) is 18.3. The number of nitrogens with one attached hydrogen (secondary N) is 1. The molecule has 130 valence electrons. The summed E-state index contributed by atoms with van der Waals surface area (Å²) in [5.41, 5.74) is 0.0455. The van der Waals surface area contributed by atoms with Gasteiger partial charge in [0.25, 0.3) is 11.1 Å². The van der Waals surface area contributed by atoms with E-state index in [0.29, 0.717) is 6.54 Å². The van der Waals surface area contributed by atoms with Crippen molar-refractivity contribution in [3.8, 4) is 11.8 Å². The highest BCUT2D eigenvalue weighted by molar-refractivity contribution is 5.76. The number of carbonyl (C=O) groups is 1. The van der Waals surface area contributed by atoms with Crippen LogP contribution in [0.1, 0.15) is 25.3 Å². The summed E-state index contributed by atoms with van der Waals surface area (Å²) in [6.07, 6.45) is 1.79. The lowest BCUT2D eigenvalue weighted by Gasteiger charge is -2.20. The topological polar surface area (TPSA) is 75.2 Å². The zero-order chi connectivity index (χ0) is 18.1. The van der Waals surface area contributed by atoms with Crippen LogP contribution in [0.3, 0.4) is 0 Å². The van der Waals surface area contributed by atoms with E-state index in [2.05, 4.69) is 16.9 Å². The van der Waals surface area contributed by atoms with Gasteiger partial charge in [-0.15, -0.1) is 0 Å². The van der Waals surface area contributed by atoms with Gasteiger partial charge >= 0.3 is 0 Å². The quantitative estimate of drug-likeness (QED) is 0.804. The van der Waals surface area contributed by atoms with Crippen LogP contribution < -0.4 is 11.1 Å². The first-order chi connectivity index (χ1) is 12.1. The molecule has 0 spiro atoms. The molecule has 1 aromatic heterocycles. The number of carbonyl (C=O) groups excluding carboxylic acids is 1. The van der Waals surface area contributed by atoms with Gasteiger partial charge in [0, 0.05) is 24.2 Å². The lowest BCUT2D eigenvalue weighted by molar-refractivity contribution is -0.131. The fraction of sp³-hybridized carbons (Fsp3) is 0.316. The zero-order valence-corrected chi connectivity index (χ0v) is 14.2. The molecule has 0 bridgehead atoms. The number of hydrogen-bond acceptors (Lipinski definition) is 3. The van der Waals surface area contributed by atoms with Crippen molar-refractivity contribution >= 4 is 5.91 Å². The molecule has 0 aliphatic rings. The van der Waals surface area contributed by atoms with Crippen LogP contribution in [0.15, 0.2) is 52.1 Å². The molecule has 6 heteroatoms. The molecule has 1 aromatic carbocycles. The average Bonchev–Trinajstić information content (AvgIpc) is 2.62. The summed E-state index contributed by atoms with van der Waals surface area (Å²) in [5, 5.41) is 2.36. The lowest BCUT2D eigenvalue weighted by atomic mass is 10.2. The fourth-order valence-electron chi connectivity index (χ4n) is 2.21. The largest absolute Gasteiger partial charge is 0.330 e. The van der Waals surface area contributed by atoms with Crippen molar-refractivity contribution in [1.82, 2.24) is 14.7 Å². The number of rotatable bonds is 6. The van der Waals surface area contributed by atoms with Crippen LogP contribution in [0.5, 0.6) is 0 Å². The number of nitrogens with zero attached hydrogens (tertiary/aromatic N) is 2. The Labute approximate surface area is 146 Å². The minimum Gasteiger partial charge on any atom is -0.330 e. The van der Waals surface area contributed by atoms with Crippen LogP contribution >= 0.6 is 0 Å². The number of H-pyrrole nitrogens is 1. The van der Waals surface area contributed by atoms with Crippen molar-refractivity contribution in [2.45, 2.75) is 26.3 Å². The maximum Gasteiger partial charge on any atom is 0.265 e. The Kier molecular flexibility index (Phi) is 6.78. The second-order valence-corrected chi connectivity index (χ2v) is 5.57. The normalized spacial score (nSPS) is 9.96. The predicted octanol–water partition coefficient (Wildman–Crippen LogP) is 1.22. The Balaban J connectivity index is 2.09. The number of hydrogen-bond donors (Lipinski definition) is 1. The van der Waals surface area contributed by atoms with Crippen molar-refractivity contribution in [3.63, 3.8) is 0 Å². The first-order valence-electron chi connectivity index (χ1n) is 8.22. The van der Waals surface area contributed by atoms with Gasteiger partial charge in [0.2, 0.25) is 5.91 Å². The summed E-state index contributed by atoms with van der Waals surface area (Å²) in [5.74, 6) is 5.77. The summed E-state index contributed by atoms with van der Waals surface area (Å²) in [6.45, 7) is 2.67. The standard InChI is InChI=1S/C19H21N3O3/c1-2-3-13-21(14-7-10-16-8-5-4-6-9-16)19(25)15-22-18(24)12-11-17(23)20-22/h4-6,8-9,11-12H,2-3,13-15H2,1H3,(H,20,23). The number of unbranched alkanes of at least 4 members (excludes halogenated alkanes) is 1. The number of aromatic nitrogens is 2. The minimum absolute atomic E-state index is 0.203. The molecule has 0 saturated carbocycles. The maximum absolute atomic E-state index is 12.5. The maximum atomic E-state index is 12.5. The van der Waals surface area contributed by atoms with E-state index in [1.807, 2.05) is 37.3 Å². The van der Waals surface area contributed by atoms with Gasteiger partial charge in [-0.25, -0.2) is 4.68 Å². The second-order valence-electron chi connectivity index (χ2n) is 5.57. The minimum atomic E-state index is -0.420. The Morgan fingerprint density at radius 1 is 1.16 bits per heavy atom. The van der Waals surface area contributed by atoms with Gasteiger partial charge in [0.05, 0.1) is 6.54 Å². The average molecular weight is 339 g/mol. The molecule has 0 aliphatic carbocycles. The number of benzene rings is 1. The van der Waals surface area contributed by atoms with Gasteiger partial charge in [-0.2, -0.15) is 0 Å². The van der Waals surface area contributed by atoms with E-state index in [-0.39, 0.29) is 19.0 Å². The molecule has 1 amide bonds. The van der Waals surface area contributed by atoms with Gasteiger partial charge in [0.1, 0.15) is 6.54 Å². The first-order valence-corrected chi connectivity index (χ1v) is 8.22.